The standard InChI is InChI=1S/C27H28F3N5O5/c1-39-26(38)22-8-4-13-33(22)15-16-34-14-3-7-21(25(34)37)31-23-19-5-2-6-20(19)24(36)35(32-23)17-9-11-18(12-10-17)40-27(28,29)30/h3,7,9-12,14,22H,2,4-6,8,13,15-16H2,1H3,(H,31,32). The first-order valence-corrected chi connectivity index (χ1v) is 12.9. The predicted molar refractivity (Wildman–Crippen MR) is 139 cm³/mol. The lowest BCUT2D eigenvalue weighted by Crippen LogP contribution is -2.39. The van der Waals surface area contributed by atoms with E-state index in [0.717, 1.165) is 36.2 Å². The maximum absolute atomic E-state index is 13.3. The van der Waals surface area contributed by atoms with Crippen molar-refractivity contribution in [2.45, 2.75) is 51.1 Å². The molecule has 0 saturated carbocycles. The molecule has 1 aromatic carbocycles. The summed E-state index contributed by atoms with van der Waals surface area (Å²) in [6, 6.07) is 7.88. The van der Waals surface area contributed by atoms with Crippen molar-refractivity contribution in [3.8, 4) is 11.4 Å². The number of likely N-dealkylation sites (tertiary alicyclic amines) is 1. The third-order valence-electron chi connectivity index (χ3n) is 7.21. The van der Waals surface area contributed by atoms with Crippen LogP contribution in [0, 0.1) is 0 Å². The molecular formula is C27H28F3N5O5. The summed E-state index contributed by atoms with van der Waals surface area (Å²) in [5.41, 5.74) is 1.12. The molecule has 5 rings (SSSR count). The van der Waals surface area contributed by atoms with Gasteiger partial charge in [0.15, 0.2) is 5.82 Å². The first kappa shape index (κ1) is 27.4. The predicted octanol–water partition coefficient (Wildman–Crippen LogP) is 3.16. The van der Waals surface area contributed by atoms with E-state index >= 15 is 0 Å². The van der Waals surface area contributed by atoms with Crippen LogP contribution in [0.15, 0.2) is 52.2 Å². The van der Waals surface area contributed by atoms with Gasteiger partial charge < -0.3 is 19.4 Å². The average Bonchev–Trinajstić information content (AvgIpc) is 3.60. The molecule has 212 valence electrons. The summed E-state index contributed by atoms with van der Waals surface area (Å²) in [5.74, 6) is -0.360. The van der Waals surface area contributed by atoms with Gasteiger partial charge in [-0.15, -0.1) is 18.3 Å². The van der Waals surface area contributed by atoms with E-state index < -0.39 is 12.1 Å². The number of nitrogens with one attached hydrogen (secondary N) is 1. The van der Waals surface area contributed by atoms with Gasteiger partial charge in [-0.1, -0.05) is 0 Å². The van der Waals surface area contributed by atoms with Crippen molar-refractivity contribution >= 4 is 17.5 Å². The van der Waals surface area contributed by atoms with Crippen molar-refractivity contribution < 1.29 is 27.4 Å². The van der Waals surface area contributed by atoms with E-state index in [0.29, 0.717) is 49.3 Å². The molecule has 1 aliphatic carbocycles. The second kappa shape index (κ2) is 11.2. The van der Waals surface area contributed by atoms with Crippen molar-refractivity contribution in [2.75, 3.05) is 25.5 Å². The Labute approximate surface area is 226 Å². The lowest BCUT2D eigenvalue weighted by Gasteiger charge is -2.22. The number of rotatable bonds is 8. The Bertz CT molecular complexity index is 1520. The van der Waals surface area contributed by atoms with Crippen LogP contribution >= 0.6 is 0 Å². The highest BCUT2D eigenvalue weighted by atomic mass is 19.4. The zero-order valence-electron chi connectivity index (χ0n) is 21.7. The minimum Gasteiger partial charge on any atom is -0.468 e. The Morgan fingerprint density at radius 3 is 2.52 bits per heavy atom. The number of halogens is 3. The summed E-state index contributed by atoms with van der Waals surface area (Å²) >= 11 is 0. The molecule has 0 radical (unpaired) electrons. The quantitative estimate of drug-likeness (QED) is 0.420. The largest absolute Gasteiger partial charge is 0.573 e. The van der Waals surface area contributed by atoms with Crippen LogP contribution in [0.4, 0.5) is 24.7 Å². The second-order valence-electron chi connectivity index (χ2n) is 9.68. The number of nitrogens with zero attached hydrogens (tertiary/aromatic N) is 4. The molecule has 13 heteroatoms. The van der Waals surface area contributed by atoms with Crippen LogP contribution < -0.4 is 21.2 Å². The number of methoxy groups -OCH3 is 1. The zero-order valence-corrected chi connectivity index (χ0v) is 21.7. The Kier molecular flexibility index (Phi) is 7.66. The highest BCUT2D eigenvalue weighted by Gasteiger charge is 2.32. The topological polar surface area (TPSA) is 108 Å². The maximum Gasteiger partial charge on any atom is 0.573 e. The van der Waals surface area contributed by atoms with Crippen LogP contribution in [0.2, 0.25) is 0 Å². The van der Waals surface area contributed by atoms with E-state index in [1.165, 1.54) is 19.2 Å². The lowest BCUT2D eigenvalue weighted by atomic mass is 10.2. The van der Waals surface area contributed by atoms with Gasteiger partial charge in [-0.05, 0) is 75.0 Å². The molecule has 1 unspecified atom stereocenters. The Morgan fingerprint density at radius 2 is 1.80 bits per heavy atom. The number of alkyl halides is 3. The molecule has 0 amide bonds. The van der Waals surface area contributed by atoms with Crippen molar-refractivity contribution in [1.82, 2.24) is 19.2 Å². The Morgan fingerprint density at radius 1 is 1.05 bits per heavy atom. The summed E-state index contributed by atoms with van der Waals surface area (Å²) in [6.45, 7) is 1.60. The number of esters is 1. The number of hydrogen-bond acceptors (Lipinski definition) is 8. The van der Waals surface area contributed by atoms with E-state index in [-0.39, 0.29) is 34.5 Å². The van der Waals surface area contributed by atoms with Gasteiger partial charge in [0.1, 0.15) is 17.5 Å². The number of aromatic nitrogens is 3. The van der Waals surface area contributed by atoms with Crippen LogP contribution in [0.1, 0.15) is 30.4 Å². The van der Waals surface area contributed by atoms with Gasteiger partial charge in [-0.2, -0.15) is 4.68 Å². The molecular weight excluding hydrogens is 531 g/mol. The smallest absolute Gasteiger partial charge is 0.468 e. The molecule has 0 spiro atoms. The van der Waals surface area contributed by atoms with Crippen LogP contribution in [0.5, 0.6) is 5.75 Å². The maximum atomic E-state index is 13.3. The minimum atomic E-state index is -4.83. The Balaban J connectivity index is 1.40. The van der Waals surface area contributed by atoms with Gasteiger partial charge in [0.05, 0.1) is 12.8 Å². The highest BCUT2D eigenvalue weighted by Crippen LogP contribution is 2.28. The third kappa shape index (κ3) is 5.74. The summed E-state index contributed by atoms with van der Waals surface area (Å²) in [7, 11) is 1.36. The first-order chi connectivity index (χ1) is 19.1. The molecule has 1 fully saturated rings. The minimum absolute atomic E-state index is 0.258. The number of ether oxygens (including phenoxy) is 2. The molecule has 3 heterocycles. The highest BCUT2D eigenvalue weighted by molar-refractivity contribution is 5.76. The van der Waals surface area contributed by atoms with Gasteiger partial charge in [-0.25, -0.2) is 0 Å². The molecule has 0 bridgehead atoms. The summed E-state index contributed by atoms with van der Waals surface area (Å²) < 4.78 is 49.1. The number of anilines is 2. The van der Waals surface area contributed by atoms with Crippen molar-refractivity contribution in [3.05, 3.63) is 74.4 Å². The monoisotopic (exact) mass is 559 g/mol. The summed E-state index contributed by atoms with van der Waals surface area (Å²) in [5, 5.41) is 7.55. The van der Waals surface area contributed by atoms with Crippen LogP contribution in [0.25, 0.3) is 5.69 Å². The van der Waals surface area contributed by atoms with Crippen LogP contribution in [0.3, 0.4) is 0 Å². The van der Waals surface area contributed by atoms with Gasteiger partial charge >= 0.3 is 12.3 Å². The Hall–Kier alpha value is -4.13. The second-order valence-corrected chi connectivity index (χ2v) is 9.68. The van der Waals surface area contributed by atoms with Crippen molar-refractivity contribution in [2.24, 2.45) is 0 Å². The third-order valence-corrected chi connectivity index (χ3v) is 7.21. The molecule has 1 saturated heterocycles. The fourth-order valence-corrected chi connectivity index (χ4v) is 5.31. The average molecular weight is 560 g/mol. The molecule has 2 aromatic heterocycles. The van der Waals surface area contributed by atoms with Gasteiger partial charge in [-0.3, -0.25) is 19.3 Å². The van der Waals surface area contributed by atoms with E-state index in [9.17, 15) is 27.6 Å². The van der Waals surface area contributed by atoms with E-state index in [4.69, 9.17) is 4.74 Å². The number of hydrogen-bond donors (Lipinski definition) is 1. The van der Waals surface area contributed by atoms with Crippen LogP contribution in [-0.4, -0.2) is 57.8 Å². The number of benzene rings is 1. The van der Waals surface area contributed by atoms with Gasteiger partial charge in [0.25, 0.3) is 11.1 Å². The molecule has 2 aliphatic rings. The molecule has 40 heavy (non-hydrogen) atoms. The number of carbonyl (C=O) groups is 1. The molecule has 1 N–H and O–H groups in total. The summed E-state index contributed by atoms with van der Waals surface area (Å²) in [4.78, 5) is 40.5. The molecule has 3 aromatic rings. The number of carbonyl (C=O) groups excluding carboxylic acids is 1. The van der Waals surface area contributed by atoms with Crippen molar-refractivity contribution in [1.29, 1.82) is 0 Å². The van der Waals surface area contributed by atoms with Gasteiger partial charge in [0, 0.05) is 30.4 Å². The van der Waals surface area contributed by atoms with E-state index in [1.54, 1.807) is 22.9 Å². The van der Waals surface area contributed by atoms with Crippen LogP contribution in [-0.2, 0) is 28.9 Å². The summed E-state index contributed by atoms with van der Waals surface area (Å²) in [6.07, 6.45) is 0.288. The lowest BCUT2D eigenvalue weighted by molar-refractivity contribution is -0.274. The van der Waals surface area contributed by atoms with E-state index in [2.05, 4.69) is 15.2 Å². The molecule has 1 aliphatic heterocycles. The normalized spacial score (nSPS) is 17.1. The fraction of sp³-hybridized carbons (Fsp3) is 0.407. The SMILES string of the molecule is COC(=O)C1CCCN1CCn1cccc(Nc2nn(-c3ccc(OC(F)(F)F)cc3)c(=O)c3c2CCC3)c1=O. The molecule has 1 atom stereocenters. The van der Waals surface area contributed by atoms with Crippen molar-refractivity contribution in [3.63, 3.8) is 0 Å². The first-order valence-electron chi connectivity index (χ1n) is 12.9. The van der Waals surface area contributed by atoms with Gasteiger partial charge in [0.2, 0.25) is 0 Å². The van der Waals surface area contributed by atoms with E-state index in [1.807, 2.05) is 4.90 Å². The zero-order chi connectivity index (χ0) is 28.4. The fourth-order valence-electron chi connectivity index (χ4n) is 5.31. The number of pyridine rings is 1. The number of fused-ring (bicyclic) bond motifs is 1. The molecule has 10 nitrogen and oxygen atoms in total.